The maximum atomic E-state index is 12.4. The molecule has 0 bridgehead atoms. The number of halogens is 4. The van der Waals surface area contributed by atoms with Gasteiger partial charge >= 0.3 is 0 Å². The Labute approximate surface area is 74.8 Å². The molecule has 0 spiro atoms. The monoisotopic (exact) mass is 273 g/mol. The number of hydrogen-bond donors (Lipinski definition) is 0. The average molecular weight is 273 g/mol. The summed E-state index contributed by atoms with van der Waals surface area (Å²) in [6.07, 6.45) is -1.84. The van der Waals surface area contributed by atoms with Crippen LogP contribution in [0.5, 0.6) is 0 Å². The Morgan fingerprint density at radius 2 is 2.09 bits per heavy atom. The second-order valence-corrected chi connectivity index (χ2v) is 2.99. The Kier molecular flexibility index (Phi) is 2.69. The summed E-state index contributed by atoms with van der Waals surface area (Å²) in [6.45, 7) is 0. The highest BCUT2D eigenvalue weighted by molar-refractivity contribution is 14.1. The summed E-state index contributed by atoms with van der Waals surface area (Å²) in [4.78, 5) is 3.21. The molecule has 0 saturated heterocycles. The van der Waals surface area contributed by atoms with Crippen LogP contribution < -0.4 is 0 Å². The Balaban J connectivity index is 3.05. The van der Waals surface area contributed by atoms with Crippen LogP contribution >= 0.6 is 22.6 Å². The summed E-state index contributed by atoms with van der Waals surface area (Å²) >= 11 is 1.63. The molecule has 0 atom stereocenters. The lowest BCUT2D eigenvalue weighted by molar-refractivity contribution is 0.146. The fraction of sp³-hybridized carbons (Fsp3) is 0.167. The van der Waals surface area contributed by atoms with Crippen molar-refractivity contribution in [3.63, 3.8) is 0 Å². The van der Waals surface area contributed by atoms with Crippen molar-refractivity contribution in [1.29, 1.82) is 0 Å². The molecule has 0 amide bonds. The van der Waals surface area contributed by atoms with E-state index in [9.17, 15) is 13.2 Å². The second-order valence-electron chi connectivity index (χ2n) is 1.82. The average Bonchev–Trinajstić information content (AvgIpc) is 1.94. The first-order valence-electron chi connectivity index (χ1n) is 2.70. The largest absolute Gasteiger partial charge is 0.280 e. The molecule has 60 valence electrons. The van der Waals surface area contributed by atoms with Gasteiger partial charge in [-0.05, 0) is 28.7 Å². The summed E-state index contributed by atoms with van der Waals surface area (Å²) in [7, 11) is 0. The highest BCUT2D eigenvalue weighted by Gasteiger charge is 2.10. The van der Waals surface area contributed by atoms with Crippen LogP contribution in [0.3, 0.4) is 0 Å². The van der Waals surface area contributed by atoms with Crippen LogP contribution in [0, 0.1) is 9.39 Å². The van der Waals surface area contributed by atoms with E-state index < -0.39 is 17.9 Å². The molecule has 1 aromatic rings. The number of nitrogens with zero attached hydrogens (tertiary/aromatic N) is 1. The Morgan fingerprint density at radius 1 is 1.45 bits per heavy atom. The minimum atomic E-state index is -2.64. The third-order valence-corrected chi connectivity index (χ3v) is 1.88. The van der Waals surface area contributed by atoms with Crippen molar-refractivity contribution in [3.05, 3.63) is 27.3 Å². The Bertz CT molecular complexity index is 264. The molecular formula is C6H3F3IN. The summed E-state index contributed by atoms with van der Waals surface area (Å²) < 4.78 is 36.4. The van der Waals surface area contributed by atoms with Gasteiger partial charge in [0.2, 0.25) is 0 Å². The van der Waals surface area contributed by atoms with Crippen molar-refractivity contribution >= 4 is 22.6 Å². The second kappa shape index (κ2) is 3.38. The van der Waals surface area contributed by atoms with E-state index in [1.807, 2.05) is 0 Å². The molecule has 0 aliphatic heterocycles. The van der Waals surface area contributed by atoms with Crippen LogP contribution in [-0.4, -0.2) is 4.98 Å². The molecule has 0 aromatic carbocycles. The molecule has 0 aliphatic rings. The highest BCUT2D eigenvalue weighted by atomic mass is 127. The third-order valence-electron chi connectivity index (χ3n) is 1.05. The van der Waals surface area contributed by atoms with Gasteiger partial charge in [0, 0.05) is 0 Å². The van der Waals surface area contributed by atoms with Crippen molar-refractivity contribution in [2.75, 3.05) is 0 Å². The first-order valence-corrected chi connectivity index (χ1v) is 3.78. The van der Waals surface area contributed by atoms with Crippen molar-refractivity contribution in [1.82, 2.24) is 4.98 Å². The van der Waals surface area contributed by atoms with Crippen molar-refractivity contribution in [2.45, 2.75) is 6.43 Å². The van der Waals surface area contributed by atoms with E-state index in [1.54, 1.807) is 22.6 Å². The molecule has 0 radical (unpaired) electrons. The first kappa shape index (κ1) is 8.76. The summed E-state index contributed by atoms with van der Waals surface area (Å²) in [6, 6.07) is 1.03. The van der Waals surface area contributed by atoms with Gasteiger partial charge in [0.15, 0.2) is 5.82 Å². The van der Waals surface area contributed by atoms with Gasteiger partial charge in [-0.2, -0.15) is 0 Å². The Hall–Kier alpha value is -0.330. The van der Waals surface area contributed by atoms with Crippen LogP contribution in [-0.2, 0) is 0 Å². The highest BCUT2D eigenvalue weighted by Crippen LogP contribution is 2.19. The van der Waals surface area contributed by atoms with Crippen molar-refractivity contribution in [2.24, 2.45) is 0 Å². The zero-order chi connectivity index (χ0) is 8.43. The fourth-order valence-electron chi connectivity index (χ4n) is 0.548. The summed E-state index contributed by atoms with van der Waals surface area (Å²) in [5, 5.41) is 0. The molecule has 0 unspecified atom stereocenters. The van der Waals surface area contributed by atoms with Crippen LogP contribution in [0.2, 0.25) is 0 Å². The van der Waals surface area contributed by atoms with Crippen LogP contribution in [0.25, 0.3) is 0 Å². The van der Waals surface area contributed by atoms with Crippen molar-refractivity contribution < 1.29 is 13.2 Å². The third kappa shape index (κ3) is 2.05. The lowest BCUT2D eigenvalue weighted by atomic mass is 10.3. The molecule has 1 aromatic heterocycles. The number of aromatic nitrogens is 1. The molecule has 11 heavy (non-hydrogen) atoms. The molecule has 0 fully saturated rings. The van der Waals surface area contributed by atoms with E-state index >= 15 is 0 Å². The maximum Gasteiger partial charge on any atom is 0.280 e. The summed E-state index contributed by atoms with van der Waals surface area (Å²) in [5.74, 6) is -0.574. The van der Waals surface area contributed by atoms with E-state index in [2.05, 4.69) is 4.98 Å². The van der Waals surface area contributed by atoms with Gasteiger partial charge < -0.3 is 0 Å². The molecule has 1 rings (SSSR count). The summed E-state index contributed by atoms with van der Waals surface area (Å²) in [5.41, 5.74) is -0.393. The molecule has 0 saturated carbocycles. The molecular weight excluding hydrogens is 270 g/mol. The predicted molar refractivity (Wildman–Crippen MR) is 41.9 cm³/mol. The predicted octanol–water partition coefficient (Wildman–Crippen LogP) is 2.76. The quantitative estimate of drug-likeness (QED) is 0.717. The standard InChI is InChI=1S/C6H3F3IN/c7-3-2-11-5(6(8)9)1-4(3)10/h1-2,6H. The van der Waals surface area contributed by atoms with Crippen LogP contribution in [0.4, 0.5) is 13.2 Å². The van der Waals surface area contributed by atoms with Gasteiger partial charge in [-0.25, -0.2) is 13.2 Å². The smallest absolute Gasteiger partial charge is 0.252 e. The number of pyridine rings is 1. The SMILES string of the molecule is Fc1cnc(C(F)F)cc1I. The minimum Gasteiger partial charge on any atom is -0.252 e. The Morgan fingerprint density at radius 3 is 2.55 bits per heavy atom. The molecule has 1 heterocycles. The van der Waals surface area contributed by atoms with Gasteiger partial charge in [0.1, 0.15) is 5.69 Å². The first-order chi connectivity index (χ1) is 5.11. The maximum absolute atomic E-state index is 12.4. The number of rotatable bonds is 1. The van der Waals surface area contributed by atoms with E-state index in [0.29, 0.717) is 0 Å². The van der Waals surface area contributed by atoms with Crippen LogP contribution in [0.15, 0.2) is 12.3 Å². The molecule has 0 aliphatic carbocycles. The lowest BCUT2D eigenvalue weighted by Crippen LogP contribution is -1.92. The van der Waals surface area contributed by atoms with E-state index in [4.69, 9.17) is 0 Å². The van der Waals surface area contributed by atoms with E-state index in [1.165, 1.54) is 0 Å². The minimum absolute atomic E-state index is 0.160. The van der Waals surface area contributed by atoms with Crippen LogP contribution in [0.1, 0.15) is 12.1 Å². The zero-order valence-electron chi connectivity index (χ0n) is 5.19. The molecule has 1 nitrogen and oxygen atoms in total. The number of alkyl halides is 2. The zero-order valence-corrected chi connectivity index (χ0v) is 7.35. The fourth-order valence-corrected chi connectivity index (χ4v) is 1.01. The molecule has 5 heteroatoms. The van der Waals surface area contributed by atoms with E-state index in [0.717, 1.165) is 12.3 Å². The number of hydrogen-bond acceptors (Lipinski definition) is 1. The lowest BCUT2D eigenvalue weighted by Gasteiger charge is -1.98. The van der Waals surface area contributed by atoms with Crippen molar-refractivity contribution in [3.8, 4) is 0 Å². The normalized spacial score (nSPS) is 10.6. The van der Waals surface area contributed by atoms with E-state index in [-0.39, 0.29) is 3.57 Å². The topological polar surface area (TPSA) is 12.9 Å². The van der Waals surface area contributed by atoms with Gasteiger partial charge in [-0.3, -0.25) is 4.98 Å². The van der Waals surface area contributed by atoms with Gasteiger partial charge in [-0.1, -0.05) is 0 Å². The van der Waals surface area contributed by atoms with Gasteiger partial charge in [0.25, 0.3) is 6.43 Å². The van der Waals surface area contributed by atoms with Gasteiger partial charge in [0.05, 0.1) is 9.77 Å². The molecule has 0 N–H and O–H groups in total. The van der Waals surface area contributed by atoms with Gasteiger partial charge in [-0.15, -0.1) is 0 Å².